The minimum atomic E-state index is 0.562. The van der Waals surface area contributed by atoms with E-state index in [9.17, 15) is 0 Å². The van der Waals surface area contributed by atoms with Crippen molar-refractivity contribution in [3.05, 3.63) is 48.2 Å². The summed E-state index contributed by atoms with van der Waals surface area (Å²) in [5, 5.41) is 5.42. The van der Waals surface area contributed by atoms with Crippen LogP contribution in [0.15, 0.2) is 36.8 Å². The van der Waals surface area contributed by atoms with Gasteiger partial charge in [0.1, 0.15) is 12.2 Å². The van der Waals surface area contributed by atoms with E-state index in [4.69, 9.17) is 5.73 Å². The number of rotatable bonds is 4. The third kappa shape index (κ3) is 2.02. The second kappa shape index (κ2) is 4.85. The Labute approximate surface area is 111 Å². The molecule has 0 aliphatic rings. The van der Waals surface area contributed by atoms with Gasteiger partial charge in [-0.25, -0.2) is 9.67 Å². The van der Waals surface area contributed by atoms with Gasteiger partial charge in [0.15, 0.2) is 0 Å². The van der Waals surface area contributed by atoms with Crippen LogP contribution < -0.4 is 5.73 Å². The molecule has 0 radical (unpaired) electrons. The zero-order valence-electron chi connectivity index (χ0n) is 11.0. The van der Waals surface area contributed by atoms with Gasteiger partial charge in [-0.05, 0) is 24.6 Å². The smallest absolute Gasteiger partial charge is 0.146 e. The molecule has 0 unspecified atom stereocenters. The molecule has 3 aromatic rings. The maximum Gasteiger partial charge on any atom is 0.146 e. The van der Waals surface area contributed by atoms with Gasteiger partial charge in [-0.15, -0.1) is 0 Å². The van der Waals surface area contributed by atoms with Crippen LogP contribution in [0.5, 0.6) is 0 Å². The SMILES string of the molecule is CCn1ncnc1Cn1ccc2c(CN)cccc21. The van der Waals surface area contributed by atoms with Gasteiger partial charge in [-0.1, -0.05) is 12.1 Å². The first kappa shape index (κ1) is 11.9. The van der Waals surface area contributed by atoms with Crippen molar-refractivity contribution in [3.63, 3.8) is 0 Å². The Hall–Kier alpha value is -2.14. The molecule has 5 nitrogen and oxygen atoms in total. The number of hydrogen-bond acceptors (Lipinski definition) is 3. The molecule has 98 valence electrons. The lowest BCUT2D eigenvalue weighted by Crippen LogP contribution is -2.08. The van der Waals surface area contributed by atoms with E-state index in [1.54, 1.807) is 6.33 Å². The fourth-order valence-corrected chi connectivity index (χ4v) is 2.43. The number of nitrogens with zero attached hydrogens (tertiary/aromatic N) is 4. The van der Waals surface area contributed by atoms with Gasteiger partial charge >= 0.3 is 0 Å². The maximum absolute atomic E-state index is 5.77. The van der Waals surface area contributed by atoms with Gasteiger partial charge in [0.2, 0.25) is 0 Å². The zero-order chi connectivity index (χ0) is 13.2. The second-order valence-corrected chi connectivity index (χ2v) is 4.49. The molecule has 2 heterocycles. The Morgan fingerprint density at radius 3 is 2.95 bits per heavy atom. The molecule has 2 aromatic heterocycles. The van der Waals surface area contributed by atoms with Crippen molar-refractivity contribution in [1.29, 1.82) is 0 Å². The lowest BCUT2D eigenvalue weighted by Gasteiger charge is -2.07. The van der Waals surface area contributed by atoms with Crippen LogP contribution in [-0.2, 0) is 19.6 Å². The van der Waals surface area contributed by atoms with Gasteiger partial charge in [0, 0.05) is 30.2 Å². The fourth-order valence-electron chi connectivity index (χ4n) is 2.43. The van der Waals surface area contributed by atoms with Crippen molar-refractivity contribution in [2.75, 3.05) is 0 Å². The summed E-state index contributed by atoms with van der Waals surface area (Å²) in [5.74, 6) is 0.971. The molecule has 3 rings (SSSR count). The van der Waals surface area contributed by atoms with Crippen molar-refractivity contribution < 1.29 is 0 Å². The van der Waals surface area contributed by atoms with Crippen LogP contribution in [0.3, 0.4) is 0 Å². The van der Waals surface area contributed by atoms with Gasteiger partial charge in [-0.2, -0.15) is 5.10 Å². The molecule has 1 aromatic carbocycles. The molecule has 0 bridgehead atoms. The summed E-state index contributed by atoms with van der Waals surface area (Å²) in [5.41, 5.74) is 8.13. The average Bonchev–Trinajstić information content (AvgIpc) is 3.06. The Balaban J connectivity index is 2.02. The largest absolute Gasteiger partial charge is 0.340 e. The molecular formula is C14H17N5. The standard InChI is InChI=1S/C14H17N5/c1-2-19-14(16-10-17-19)9-18-7-6-12-11(8-15)4-3-5-13(12)18/h3-7,10H,2,8-9,15H2,1H3. The molecule has 0 atom stereocenters. The topological polar surface area (TPSA) is 61.7 Å². The predicted octanol–water partition coefficient (Wildman–Crippen LogP) is 1.76. The third-order valence-corrected chi connectivity index (χ3v) is 3.43. The van der Waals surface area contributed by atoms with E-state index >= 15 is 0 Å². The Morgan fingerprint density at radius 2 is 2.16 bits per heavy atom. The minimum Gasteiger partial charge on any atom is -0.340 e. The fraction of sp³-hybridized carbons (Fsp3) is 0.286. The third-order valence-electron chi connectivity index (χ3n) is 3.43. The van der Waals surface area contributed by atoms with Gasteiger partial charge in [-0.3, -0.25) is 0 Å². The first-order chi connectivity index (χ1) is 9.33. The molecule has 0 amide bonds. The molecule has 19 heavy (non-hydrogen) atoms. The predicted molar refractivity (Wildman–Crippen MR) is 74.6 cm³/mol. The lowest BCUT2D eigenvalue weighted by molar-refractivity contribution is 0.597. The molecule has 0 saturated heterocycles. The summed E-state index contributed by atoms with van der Waals surface area (Å²) in [4.78, 5) is 4.32. The average molecular weight is 255 g/mol. The van der Waals surface area contributed by atoms with Gasteiger partial charge < -0.3 is 10.3 Å². The quantitative estimate of drug-likeness (QED) is 0.772. The van der Waals surface area contributed by atoms with E-state index < -0.39 is 0 Å². The first-order valence-corrected chi connectivity index (χ1v) is 6.47. The molecule has 0 aliphatic carbocycles. The normalized spacial score (nSPS) is 11.3. The second-order valence-electron chi connectivity index (χ2n) is 4.49. The van der Waals surface area contributed by atoms with Crippen molar-refractivity contribution in [1.82, 2.24) is 19.3 Å². The lowest BCUT2D eigenvalue weighted by atomic mass is 10.1. The molecule has 0 spiro atoms. The van der Waals surface area contributed by atoms with Crippen LogP contribution in [0.1, 0.15) is 18.3 Å². The Bertz CT molecular complexity index is 695. The molecule has 0 aliphatic heterocycles. The summed E-state index contributed by atoms with van der Waals surface area (Å²) >= 11 is 0. The number of aromatic nitrogens is 4. The number of nitrogens with two attached hydrogens (primary N) is 1. The van der Waals surface area contributed by atoms with E-state index in [1.807, 2.05) is 10.7 Å². The van der Waals surface area contributed by atoms with Crippen molar-refractivity contribution in [2.24, 2.45) is 5.73 Å². The van der Waals surface area contributed by atoms with E-state index in [1.165, 1.54) is 16.5 Å². The van der Waals surface area contributed by atoms with Crippen LogP contribution >= 0.6 is 0 Å². The van der Waals surface area contributed by atoms with Crippen molar-refractivity contribution in [2.45, 2.75) is 26.6 Å². The van der Waals surface area contributed by atoms with Gasteiger partial charge in [0.05, 0.1) is 6.54 Å². The molecule has 0 fully saturated rings. The summed E-state index contributed by atoms with van der Waals surface area (Å²) in [6, 6.07) is 8.35. The monoisotopic (exact) mass is 255 g/mol. The minimum absolute atomic E-state index is 0.562. The maximum atomic E-state index is 5.77. The summed E-state index contributed by atoms with van der Waals surface area (Å²) in [7, 11) is 0. The molecular weight excluding hydrogens is 238 g/mol. The van der Waals surface area contributed by atoms with Crippen LogP contribution in [0.2, 0.25) is 0 Å². The number of hydrogen-bond donors (Lipinski definition) is 1. The Kier molecular flexibility index (Phi) is 3.05. The number of aryl methyl sites for hydroxylation is 1. The summed E-state index contributed by atoms with van der Waals surface area (Å²) < 4.78 is 4.10. The number of fused-ring (bicyclic) bond motifs is 1. The summed E-state index contributed by atoms with van der Waals surface area (Å²) in [6.07, 6.45) is 3.69. The van der Waals surface area contributed by atoms with Crippen LogP contribution in [0.25, 0.3) is 10.9 Å². The van der Waals surface area contributed by atoms with Crippen LogP contribution in [0.4, 0.5) is 0 Å². The molecule has 5 heteroatoms. The highest BCUT2D eigenvalue weighted by Gasteiger charge is 2.08. The highest BCUT2D eigenvalue weighted by Crippen LogP contribution is 2.20. The summed E-state index contributed by atoms with van der Waals surface area (Å²) in [6.45, 7) is 4.19. The highest BCUT2D eigenvalue weighted by molar-refractivity contribution is 5.83. The van der Waals surface area contributed by atoms with E-state index in [0.29, 0.717) is 6.54 Å². The molecule has 2 N–H and O–H groups in total. The van der Waals surface area contributed by atoms with Crippen LogP contribution in [0, 0.1) is 0 Å². The van der Waals surface area contributed by atoms with E-state index in [2.05, 4.69) is 46.0 Å². The Morgan fingerprint density at radius 1 is 1.26 bits per heavy atom. The highest BCUT2D eigenvalue weighted by atomic mass is 15.3. The number of benzene rings is 1. The van der Waals surface area contributed by atoms with Crippen molar-refractivity contribution in [3.8, 4) is 0 Å². The van der Waals surface area contributed by atoms with Crippen LogP contribution in [-0.4, -0.2) is 19.3 Å². The van der Waals surface area contributed by atoms with E-state index in [-0.39, 0.29) is 0 Å². The first-order valence-electron chi connectivity index (χ1n) is 6.47. The van der Waals surface area contributed by atoms with Gasteiger partial charge in [0.25, 0.3) is 0 Å². The molecule has 0 saturated carbocycles. The van der Waals surface area contributed by atoms with E-state index in [0.717, 1.165) is 18.9 Å². The van der Waals surface area contributed by atoms with Crippen molar-refractivity contribution >= 4 is 10.9 Å². The zero-order valence-corrected chi connectivity index (χ0v) is 11.0.